The van der Waals surface area contributed by atoms with E-state index in [9.17, 15) is 35.6 Å². The van der Waals surface area contributed by atoms with E-state index < -0.39 is 52.2 Å². The first-order chi connectivity index (χ1) is 12.3. The molecule has 154 valence electrons. The van der Waals surface area contributed by atoms with E-state index in [2.05, 4.69) is 11.3 Å². The number of halogens is 4. The predicted molar refractivity (Wildman–Crippen MR) is 81.4 cm³/mol. The van der Waals surface area contributed by atoms with Crippen molar-refractivity contribution in [1.82, 2.24) is 0 Å². The maximum Gasteiger partial charge on any atom is 0.431 e. The summed E-state index contributed by atoms with van der Waals surface area (Å²) in [4.78, 5) is 23.2. The number of carbonyl (C=O) groups is 2. The Morgan fingerprint density at radius 1 is 1.15 bits per heavy atom. The van der Waals surface area contributed by atoms with Crippen LogP contribution in [0.4, 0.5) is 17.6 Å². The van der Waals surface area contributed by atoms with Gasteiger partial charge in [0.15, 0.2) is 0 Å². The zero-order valence-corrected chi connectivity index (χ0v) is 14.8. The van der Waals surface area contributed by atoms with E-state index in [-0.39, 0.29) is 17.9 Å². The quantitative estimate of drug-likeness (QED) is 0.279. The SMILES string of the molecule is C=CC(=O)OC1CC2CC1CC2C(=O)OCCC(F)(F)C(F)(F)S(=O)(=O)O. The predicted octanol–water partition coefficient (Wildman–Crippen LogP) is 2.18. The van der Waals surface area contributed by atoms with Gasteiger partial charge >= 0.3 is 33.2 Å². The van der Waals surface area contributed by atoms with E-state index in [1.807, 2.05) is 0 Å². The molecule has 1 N–H and O–H groups in total. The van der Waals surface area contributed by atoms with Crippen LogP contribution in [0.3, 0.4) is 0 Å². The van der Waals surface area contributed by atoms with E-state index in [0.717, 1.165) is 6.08 Å². The third-order valence-electron chi connectivity index (χ3n) is 4.94. The lowest BCUT2D eigenvalue weighted by Crippen LogP contribution is -2.47. The lowest BCUT2D eigenvalue weighted by atomic mass is 9.87. The van der Waals surface area contributed by atoms with Crippen molar-refractivity contribution in [3.8, 4) is 0 Å². The average Bonchev–Trinajstić information content (AvgIpc) is 3.13. The maximum atomic E-state index is 13.3. The molecular formula is C15H18F4O7S. The maximum absolute atomic E-state index is 13.3. The fourth-order valence-corrected chi connectivity index (χ4v) is 4.05. The number of ether oxygens (including phenoxy) is 2. The first kappa shape index (κ1) is 21.6. The molecule has 2 saturated carbocycles. The molecule has 2 aliphatic carbocycles. The molecular weight excluding hydrogens is 400 g/mol. The summed E-state index contributed by atoms with van der Waals surface area (Å²) in [6, 6.07) is 0. The lowest BCUT2D eigenvalue weighted by molar-refractivity contribution is -0.176. The molecule has 2 rings (SSSR count). The summed E-state index contributed by atoms with van der Waals surface area (Å²) < 4.78 is 91.6. The van der Waals surface area contributed by atoms with Gasteiger partial charge in [-0.05, 0) is 31.1 Å². The highest BCUT2D eigenvalue weighted by Crippen LogP contribution is 2.50. The van der Waals surface area contributed by atoms with E-state index in [4.69, 9.17) is 9.29 Å². The zero-order chi connectivity index (χ0) is 20.6. The molecule has 4 atom stereocenters. The molecule has 2 bridgehead atoms. The number of esters is 2. The molecule has 0 amide bonds. The van der Waals surface area contributed by atoms with Crippen molar-refractivity contribution in [2.45, 2.75) is 43.0 Å². The number of fused-ring (bicyclic) bond motifs is 2. The molecule has 0 aliphatic heterocycles. The van der Waals surface area contributed by atoms with Crippen LogP contribution in [0.1, 0.15) is 25.7 Å². The van der Waals surface area contributed by atoms with Crippen molar-refractivity contribution >= 4 is 22.1 Å². The van der Waals surface area contributed by atoms with Crippen molar-refractivity contribution in [2.75, 3.05) is 6.61 Å². The van der Waals surface area contributed by atoms with Crippen molar-refractivity contribution in [1.29, 1.82) is 0 Å². The first-order valence-electron chi connectivity index (χ1n) is 8.02. The van der Waals surface area contributed by atoms with Gasteiger partial charge in [0, 0.05) is 6.08 Å². The number of rotatable bonds is 8. The van der Waals surface area contributed by atoms with Gasteiger partial charge in [-0.3, -0.25) is 9.35 Å². The Kier molecular flexibility index (Phi) is 5.91. The largest absolute Gasteiger partial charge is 0.465 e. The van der Waals surface area contributed by atoms with Crippen LogP contribution in [0.5, 0.6) is 0 Å². The van der Waals surface area contributed by atoms with E-state index >= 15 is 0 Å². The summed E-state index contributed by atoms with van der Waals surface area (Å²) >= 11 is 0. The fraction of sp³-hybridized carbons (Fsp3) is 0.733. The molecule has 0 aromatic rings. The Labute approximate surface area is 152 Å². The van der Waals surface area contributed by atoms with E-state index in [1.165, 1.54) is 0 Å². The standard InChI is InChI=1S/C15H18F4O7S/c1-2-12(20)26-11-7-8-5-9(11)6-10(8)13(21)25-4-3-14(16,17)15(18,19)27(22,23)24/h2,8-11H,1,3-7H2,(H,22,23,24). The minimum atomic E-state index is -6.32. The smallest absolute Gasteiger partial charge is 0.431 e. The highest BCUT2D eigenvalue weighted by molar-refractivity contribution is 7.87. The number of carbonyl (C=O) groups excluding carboxylic acids is 2. The molecule has 7 nitrogen and oxygen atoms in total. The molecule has 0 aromatic carbocycles. The van der Waals surface area contributed by atoms with Gasteiger partial charge in [0.25, 0.3) is 0 Å². The fourth-order valence-electron chi connectivity index (χ4n) is 3.57. The molecule has 2 aliphatic rings. The molecule has 4 unspecified atom stereocenters. The Morgan fingerprint density at radius 2 is 1.78 bits per heavy atom. The minimum absolute atomic E-state index is 0.0956. The highest BCUT2D eigenvalue weighted by Gasteiger charge is 2.65. The van der Waals surface area contributed by atoms with Crippen LogP contribution in [0.25, 0.3) is 0 Å². The number of alkyl halides is 4. The monoisotopic (exact) mass is 418 g/mol. The van der Waals surface area contributed by atoms with Crippen LogP contribution in [-0.4, -0.2) is 48.8 Å². The van der Waals surface area contributed by atoms with Gasteiger partial charge in [-0.1, -0.05) is 6.58 Å². The Bertz CT molecular complexity index is 722. The van der Waals surface area contributed by atoms with E-state index in [1.54, 1.807) is 0 Å². The molecule has 0 heterocycles. The summed E-state index contributed by atoms with van der Waals surface area (Å²) in [5.74, 6) is -7.48. The Hall–Kier alpha value is -1.69. The van der Waals surface area contributed by atoms with Gasteiger partial charge in [0.1, 0.15) is 6.10 Å². The molecule has 0 aromatic heterocycles. The summed E-state index contributed by atoms with van der Waals surface area (Å²) in [6.07, 6.45) is 0.136. The summed E-state index contributed by atoms with van der Waals surface area (Å²) in [5, 5.41) is -5.69. The van der Waals surface area contributed by atoms with Gasteiger partial charge in [0.05, 0.1) is 18.9 Å². The zero-order valence-electron chi connectivity index (χ0n) is 13.9. The van der Waals surface area contributed by atoms with Crippen molar-refractivity contribution in [3.05, 3.63) is 12.7 Å². The van der Waals surface area contributed by atoms with Crippen LogP contribution < -0.4 is 0 Å². The first-order valence-corrected chi connectivity index (χ1v) is 9.46. The molecule has 0 radical (unpaired) electrons. The second-order valence-corrected chi connectivity index (χ2v) is 8.09. The summed E-state index contributed by atoms with van der Waals surface area (Å²) in [6.45, 7) is 2.14. The van der Waals surface area contributed by atoms with Crippen LogP contribution in [0, 0.1) is 17.8 Å². The van der Waals surface area contributed by atoms with Crippen LogP contribution in [0.15, 0.2) is 12.7 Å². The molecule has 0 spiro atoms. The lowest BCUT2D eigenvalue weighted by Gasteiger charge is -2.27. The van der Waals surface area contributed by atoms with E-state index in [0.29, 0.717) is 19.3 Å². The average molecular weight is 418 g/mol. The van der Waals surface area contributed by atoms with Gasteiger partial charge in [0.2, 0.25) is 0 Å². The molecule has 27 heavy (non-hydrogen) atoms. The number of hydrogen-bond donors (Lipinski definition) is 1. The Balaban J connectivity index is 1.85. The van der Waals surface area contributed by atoms with Crippen molar-refractivity contribution in [2.24, 2.45) is 17.8 Å². The van der Waals surface area contributed by atoms with Gasteiger partial charge < -0.3 is 9.47 Å². The van der Waals surface area contributed by atoms with Crippen molar-refractivity contribution in [3.63, 3.8) is 0 Å². The molecule has 0 saturated heterocycles. The highest BCUT2D eigenvalue weighted by atomic mass is 32.2. The van der Waals surface area contributed by atoms with Crippen LogP contribution in [-0.2, 0) is 29.2 Å². The van der Waals surface area contributed by atoms with Crippen LogP contribution in [0.2, 0.25) is 0 Å². The molecule has 12 heteroatoms. The number of hydrogen-bond acceptors (Lipinski definition) is 6. The van der Waals surface area contributed by atoms with Crippen molar-refractivity contribution < 1.29 is 49.6 Å². The van der Waals surface area contributed by atoms with Crippen LogP contribution >= 0.6 is 0 Å². The minimum Gasteiger partial charge on any atom is -0.465 e. The van der Waals surface area contributed by atoms with Gasteiger partial charge in [-0.2, -0.15) is 26.0 Å². The third-order valence-corrected chi connectivity index (χ3v) is 5.89. The topological polar surface area (TPSA) is 107 Å². The second kappa shape index (κ2) is 7.38. The normalized spacial score (nSPS) is 28.0. The molecule has 2 fully saturated rings. The van der Waals surface area contributed by atoms with Gasteiger partial charge in [-0.25, -0.2) is 4.79 Å². The summed E-state index contributed by atoms with van der Waals surface area (Å²) in [7, 11) is -6.32. The Morgan fingerprint density at radius 3 is 2.26 bits per heavy atom. The van der Waals surface area contributed by atoms with Gasteiger partial charge in [-0.15, -0.1) is 0 Å². The summed E-state index contributed by atoms with van der Waals surface area (Å²) in [5.41, 5.74) is 0. The second-order valence-electron chi connectivity index (χ2n) is 6.63. The third kappa shape index (κ3) is 4.26.